The van der Waals surface area contributed by atoms with Crippen molar-refractivity contribution in [2.45, 2.75) is 20.0 Å². The second kappa shape index (κ2) is 2.96. The smallest absolute Gasteiger partial charge is 0.313 e. The fraction of sp³-hybridized carbons (Fsp3) is 0.833. The molecule has 10 heavy (non-hydrogen) atoms. The summed E-state index contributed by atoms with van der Waals surface area (Å²) in [5.74, 6) is -1.19. The lowest BCUT2D eigenvalue weighted by molar-refractivity contribution is -0.150. The second-order valence-corrected chi connectivity index (χ2v) is 2.54. The highest BCUT2D eigenvalue weighted by atomic mass is 19.1. The Morgan fingerprint density at radius 2 is 2.30 bits per heavy atom. The standard InChI is InChI=1S/C6H12FNO2/c1-4(7)6(2,3-8)5(9)10/h4H,3,8H2,1-2H3,(H,9,10). The Labute approximate surface area is 59.0 Å². The molecule has 0 heterocycles. The highest BCUT2D eigenvalue weighted by Gasteiger charge is 2.37. The first kappa shape index (κ1) is 9.36. The molecule has 0 aromatic rings. The summed E-state index contributed by atoms with van der Waals surface area (Å²) in [6, 6.07) is 0. The molecule has 3 N–H and O–H groups in total. The SMILES string of the molecule is CC(F)C(C)(CN)C(=O)O. The predicted octanol–water partition coefficient (Wildman–Crippen LogP) is 0.394. The minimum Gasteiger partial charge on any atom is -0.481 e. The van der Waals surface area contributed by atoms with Crippen LogP contribution in [0.3, 0.4) is 0 Å². The summed E-state index contributed by atoms with van der Waals surface area (Å²) in [5.41, 5.74) is 3.66. The zero-order valence-electron chi connectivity index (χ0n) is 6.10. The molecule has 0 amide bonds. The number of halogens is 1. The van der Waals surface area contributed by atoms with Crippen LogP contribution in [-0.4, -0.2) is 23.8 Å². The van der Waals surface area contributed by atoms with Crippen LogP contribution in [0.1, 0.15) is 13.8 Å². The van der Waals surface area contributed by atoms with Gasteiger partial charge in [-0.2, -0.15) is 0 Å². The van der Waals surface area contributed by atoms with Crippen molar-refractivity contribution >= 4 is 5.97 Å². The van der Waals surface area contributed by atoms with Gasteiger partial charge in [0, 0.05) is 6.54 Å². The first-order chi connectivity index (χ1) is 4.45. The van der Waals surface area contributed by atoms with Crippen LogP contribution in [0.4, 0.5) is 4.39 Å². The number of carboxylic acids is 1. The van der Waals surface area contributed by atoms with Crippen molar-refractivity contribution < 1.29 is 14.3 Å². The van der Waals surface area contributed by atoms with Gasteiger partial charge in [-0.3, -0.25) is 4.79 Å². The van der Waals surface area contributed by atoms with Crippen LogP contribution in [0.25, 0.3) is 0 Å². The van der Waals surface area contributed by atoms with Crippen LogP contribution in [-0.2, 0) is 4.79 Å². The molecule has 60 valence electrons. The summed E-state index contributed by atoms with van der Waals surface area (Å²) >= 11 is 0. The maximum atomic E-state index is 12.5. The van der Waals surface area contributed by atoms with Crippen molar-refractivity contribution in [1.29, 1.82) is 0 Å². The average Bonchev–Trinajstić information content (AvgIpc) is 1.85. The summed E-state index contributed by atoms with van der Waals surface area (Å²) in [6.07, 6.45) is -1.42. The molecule has 4 heteroatoms. The summed E-state index contributed by atoms with van der Waals surface area (Å²) in [7, 11) is 0. The van der Waals surface area contributed by atoms with Crippen LogP contribution in [0.2, 0.25) is 0 Å². The maximum Gasteiger partial charge on any atom is 0.313 e. The predicted molar refractivity (Wildman–Crippen MR) is 35.4 cm³/mol. The molecule has 0 aromatic carbocycles. The first-order valence-corrected chi connectivity index (χ1v) is 3.02. The molecule has 3 nitrogen and oxygen atoms in total. The number of carbonyl (C=O) groups is 1. The lowest BCUT2D eigenvalue weighted by atomic mass is 9.86. The van der Waals surface area contributed by atoms with Crippen LogP contribution < -0.4 is 5.73 Å². The fourth-order valence-electron chi connectivity index (χ4n) is 0.420. The van der Waals surface area contributed by atoms with Gasteiger partial charge in [0.1, 0.15) is 11.6 Å². The van der Waals surface area contributed by atoms with Crippen molar-refractivity contribution in [1.82, 2.24) is 0 Å². The normalized spacial score (nSPS) is 19.6. The maximum absolute atomic E-state index is 12.5. The molecule has 2 atom stereocenters. The van der Waals surface area contributed by atoms with Gasteiger partial charge in [0.2, 0.25) is 0 Å². The van der Waals surface area contributed by atoms with E-state index in [4.69, 9.17) is 10.8 Å². The third-order valence-corrected chi connectivity index (χ3v) is 1.79. The minimum atomic E-state index is -1.43. The van der Waals surface area contributed by atoms with E-state index in [0.29, 0.717) is 0 Å². The summed E-state index contributed by atoms with van der Waals surface area (Å²) in [5, 5.41) is 8.48. The largest absolute Gasteiger partial charge is 0.481 e. The summed E-state index contributed by atoms with van der Waals surface area (Å²) in [6.45, 7) is 2.31. The molecule has 0 aromatic heterocycles. The molecule has 0 aliphatic carbocycles. The number of carboxylic acid groups (broad SMARTS) is 1. The molecule has 0 aliphatic heterocycles. The number of rotatable bonds is 3. The topological polar surface area (TPSA) is 63.3 Å². The Kier molecular flexibility index (Phi) is 2.77. The Morgan fingerprint density at radius 1 is 1.90 bits per heavy atom. The molecule has 0 rings (SSSR count). The highest BCUT2D eigenvalue weighted by Crippen LogP contribution is 2.22. The van der Waals surface area contributed by atoms with E-state index in [1.807, 2.05) is 0 Å². The monoisotopic (exact) mass is 149 g/mol. The van der Waals surface area contributed by atoms with E-state index in [0.717, 1.165) is 0 Å². The molecule has 0 aliphatic rings. The van der Waals surface area contributed by atoms with Crippen LogP contribution in [0, 0.1) is 5.41 Å². The summed E-state index contributed by atoms with van der Waals surface area (Å²) in [4.78, 5) is 10.4. The first-order valence-electron chi connectivity index (χ1n) is 3.02. The van der Waals surface area contributed by atoms with Crippen molar-refractivity contribution in [2.24, 2.45) is 11.1 Å². The molecular weight excluding hydrogens is 137 g/mol. The quantitative estimate of drug-likeness (QED) is 0.610. The van der Waals surface area contributed by atoms with E-state index >= 15 is 0 Å². The molecule has 0 fully saturated rings. The van der Waals surface area contributed by atoms with Gasteiger partial charge in [0.15, 0.2) is 0 Å². The lowest BCUT2D eigenvalue weighted by Gasteiger charge is -2.23. The van der Waals surface area contributed by atoms with E-state index < -0.39 is 17.6 Å². The van der Waals surface area contributed by atoms with E-state index in [1.165, 1.54) is 13.8 Å². The molecule has 0 spiro atoms. The van der Waals surface area contributed by atoms with Gasteiger partial charge in [0.25, 0.3) is 0 Å². The third-order valence-electron chi connectivity index (χ3n) is 1.79. The van der Waals surface area contributed by atoms with Crippen molar-refractivity contribution in [2.75, 3.05) is 6.54 Å². The van der Waals surface area contributed by atoms with E-state index in [-0.39, 0.29) is 6.54 Å². The average molecular weight is 149 g/mol. The molecule has 0 saturated carbocycles. The van der Waals surface area contributed by atoms with Gasteiger partial charge < -0.3 is 10.8 Å². The Bertz CT molecular complexity index is 138. The van der Waals surface area contributed by atoms with Gasteiger partial charge >= 0.3 is 5.97 Å². The van der Waals surface area contributed by atoms with Gasteiger partial charge in [-0.25, -0.2) is 4.39 Å². The zero-order chi connectivity index (χ0) is 8.36. The lowest BCUT2D eigenvalue weighted by Crippen LogP contribution is -2.42. The summed E-state index contributed by atoms with van der Waals surface area (Å²) < 4.78 is 12.5. The van der Waals surface area contributed by atoms with Crippen molar-refractivity contribution in [3.05, 3.63) is 0 Å². The molecule has 0 saturated heterocycles. The molecule has 0 bridgehead atoms. The number of hydrogen-bond donors (Lipinski definition) is 2. The van der Waals surface area contributed by atoms with Crippen LogP contribution in [0.15, 0.2) is 0 Å². The Balaban J connectivity index is 4.38. The van der Waals surface area contributed by atoms with Crippen LogP contribution >= 0.6 is 0 Å². The molecular formula is C6H12FNO2. The third kappa shape index (κ3) is 1.44. The Hall–Kier alpha value is -0.640. The van der Waals surface area contributed by atoms with Gasteiger partial charge in [0.05, 0.1) is 0 Å². The van der Waals surface area contributed by atoms with Crippen molar-refractivity contribution in [3.63, 3.8) is 0 Å². The zero-order valence-corrected chi connectivity index (χ0v) is 6.10. The van der Waals surface area contributed by atoms with Crippen LogP contribution in [0.5, 0.6) is 0 Å². The van der Waals surface area contributed by atoms with Gasteiger partial charge in [-0.15, -0.1) is 0 Å². The van der Waals surface area contributed by atoms with E-state index in [2.05, 4.69) is 0 Å². The van der Waals surface area contributed by atoms with Crippen molar-refractivity contribution in [3.8, 4) is 0 Å². The number of alkyl halides is 1. The number of aliphatic carboxylic acids is 1. The van der Waals surface area contributed by atoms with Gasteiger partial charge in [-0.05, 0) is 13.8 Å². The molecule has 0 radical (unpaired) electrons. The number of nitrogens with two attached hydrogens (primary N) is 1. The highest BCUT2D eigenvalue weighted by molar-refractivity contribution is 5.75. The van der Waals surface area contributed by atoms with E-state index in [9.17, 15) is 9.18 Å². The Morgan fingerprint density at radius 3 is 2.30 bits per heavy atom. The van der Waals surface area contributed by atoms with Gasteiger partial charge in [-0.1, -0.05) is 0 Å². The van der Waals surface area contributed by atoms with E-state index in [1.54, 1.807) is 0 Å². The second-order valence-electron chi connectivity index (χ2n) is 2.54. The molecule has 2 unspecified atom stereocenters. The fourth-order valence-corrected chi connectivity index (χ4v) is 0.420. The minimum absolute atomic E-state index is 0.181. The number of hydrogen-bond acceptors (Lipinski definition) is 2.